The first kappa shape index (κ1) is 19.4. The molecule has 1 aliphatic heterocycles. The normalized spacial score (nSPS) is 17.7. The number of amides is 1. The van der Waals surface area contributed by atoms with E-state index in [0.717, 1.165) is 28.6 Å². The fraction of sp³-hybridized carbons (Fsp3) is 0.611. The van der Waals surface area contributed by atoms with Crippen molar-refractivity contribution in [1.29, 1.82) is 0 Å². The molecule has 0 saturated heterocycles. The van der Waals surface area contributed by atoms with Gasteiger partial charge in [-0.2, -0.15) is 0 Å². The Kier molecular flexibility index (Phi) is 5.75. The van der Waals surface area contributed by atoms with Crippen LogP contribution in [0, 0.1) is 5.92 Å². The largest absolute Gasteiger partial charge is 0.495 e. The van der Waals surface area contributed by atoms with E-state index in [1.165, 1.54) is 0 Å². The Hall–Kier alpha value is -0.940. The third-order valence-corrected chi connectivity index (χ3v) is 5.38. The second-order valence-corrected chi connectivity index (χ2v) is 8.63. The summed E-state index contributed by atoms with van der Waals surface area (Å²) >= 11 is 9.96. The third kappa shape index (κ3) is 3.83. The number of benzene rings is 1. The average Bonchev–Trinajstić information content (AvgIpc) is 2.47. The molecule has 0 spiro atoms. The van der Waals surface area contributed by atoms with Crippen LogP contribution < -0.4 is 9.64 Å². The molecule has 1 aromatic rings. The van der Waals surface area contributed by atoms with Crippen LogP contribution in [0.3, 0.4) is 0 Å². The lowest BCUT2D eigenvalue weighted by Crippen LogP contribution is -2.48. The number of carbonyl (C=O) groups excluding carboxylic acids is 1. The molecule has 4 nitrogen and oxygen atoms in total. The van der Waals surface area contributed by atoms with Gasteiger partial charge in [0, 0.05) is 10.5 Å². The summed E-state index contributed by atoms with van der Waals surface area (Å²) in [6.07, 6.45) is 1.27. The zero-order chi connectivity index (χ0) is 18.2. The minimum atomic E-state index is -0.567. The first-order valence-corrected chi connectivity index (χ1v) is 9.31. The molecule has 1 unspecified atom stereocenters. The first-order chi connectivity index (χ1) is 11.1. The first-order valence-electron chi connectivity index (χ1n) is 8.14. The molecule has 1 heterocycles. The highest BCUT2D eigenvalue weighted by molar-refractivity contribution is 9.10. The van der Waals surface area contributed by atoms with E-state index in [2.05, 4.69) is 29.8 Å². The Balaban J connectivity index is 2.61. The number of methoxy groups -OCH3 is 1. The lowest BCUT2D eigenvalue weighted by atomic mass is 9.89. The van der Waals surface area contributed by atoms with E-state index < -0.39 is 5.60 Å². The molecule has 2 rings (SSSR count). The van der Waals surface area contributed by atoms with Gasteiger partial charge in [-0.25, -0.2) is 4.79 Å². The van der Waals surface area contributed by atoms with Crippen LogP contribution in [0.4, 0.5) is 10.5 Å². The van der Waals surface area contributed by atoms with E-state index in [9.17, 15) is 4.79 Å². The Morgan fingerprint density at radius 1 is 1.42 bits per heavy atom. The molecule has 0 fully saturated rings. The lowest BCUT2D eigenvalue weighted by Gasteiger charge is -2.41. The highest BCUT2D eigenvalue weighted by Gasteiger charge is 2.39. The van der Waals surface area contributed by atoms with E-state index in [1.807, 2.05) is 20.8 Å². The molecule has 1 atom stereocenters. The Morgan fingerprint density at radius 2 is 2.04 bits per heavy atom. The molecule has 134 valence electrons. The molecule has 0 aliphatic carbocycles. The van der Waals surface area contributed by atoms with E-state index >= 15 is 0 Å². The summed E-state index contributed by atoms with van der Waals surface area (Å²) in [6, 6.07) is 1.85. The predicted molar refractivity (Wildman–Crippen MR) is 101 cm³/mol. The molecule has 24 heavy (non-hydrogen) atoms. The van der Waals surface area contributed by atoms with Gasteiger partial charge in [0.2, 0.25) is 0 Å². The second kappa shape index (κ2) is 7.12. The van der Waals surface area contributed by atoms with E-state index in [4.69, 9.17) is 21.1 Å². The van der Waals surface area contributed by atoms with Crippen molar-refractivity contribution >= 4 is 39.3 Å². The maximum atomic E-state index is 12.9. The van der Waals surface area contributed by atoms with Crippen LogP contribution in [0.2, 0.25) is 5.02 Å². The van der Waals surface area contributed by atoms with Crippen molar-refractivity contribution in [2.75, 3.05) is 12.0 Å². The molecule has 0 radical (unpaired) electrons. The van der Waals surface area contributed by atoms with Gasteiger partial charge in [-0.1, -0.05) is 25.4 Å². The molecule has 0 saturated carbocycles. The van der Waals surface area contributed by atoms with Crippen molar-refractivity contribution in [2.24, 2.45) is 5.92 Å². The summed E-state index contributed by atoms with van der Waals surface area (Å²) < 4.78 is 12.0. The van der Waals surface area contributed by atoms with Gasteiger partial charge in [0.1, 0.15) is 11.4 Å². The van der Waals surface area contributed by atoms with Crippen molar-refractivity contribution in [3.8, 4) is 5.75 Å². The van der Waals surface area contributed by atoms with Crippen LogP contribution in [0.5, 0.6) is 5.75 Å². The minimum Gasteiger partial charge on any atom is -0.495 e. The number of hydrogen-bond acceptors (Lipinski definition) is 3. The molecule has 0 bridgehead atoms. The van der Waals surface area contributed by atoms with Crippen LogP contribution >= 0.6 is 27.5 Å². The number of nitrogens with zero attached hydrogens (tertiary/aromatic N) is 1. The maximum absolute atomic E-state index is 12.9. The summed E-state index contributed by atoms with van der Waals surface area (Å²) in [5.74, 6) is 0.912. The number of fused-ring (bicyclic) bond motifs is 1. The molecular formula is C18H25BrClNO3. The van der Waals surface area contributed by atoms with Crippen LogP contribution in [-0.4, -0.2) is 24.8 Å². The molecule has 0 aromatic heterocycles. The Morgan fingerprint density at radius 3 is 2.54 bits per heavy atom. The highest BCUT2D eigenvalue weighted by atomic mass is 79.9. The quantitative estimate of drug-likeness (QED) is 0.607. The monoisotopic (exact) mass is 417 g/mol. The Labute approximate surface area is 157 Å². The minimum absolute atomic E-state index is 0.0403. The third-order valence-electron chi connectivity index (χ3n) is 4.09. The smallest absolute Gasteiger partial charge is 0.415 e. The van der Waals surface area contributed by atoms with Crippen molar-refractivity contribution in [2.45, 2.75) is 59.1 Å². The molecule has 0 N–H and O–H groups in total. The van der Waals surface area contributed by atoms with Crippen LogP contribution in [0.1, 0.15) is 46.6 Å². The lowest BCUT2D eigenvalue weighted by molar-refractivity contribution is 0.0549. The molecular weight excluding hydrogens is 394 g/mol. The van der Waals surface area contributed by atoms with E-state index in [1.54, 1.807) is 18.1 Å². The van der Waals surface area contributed by atoms with Gasteiger partial charge in [0.25, 0.3) is 0 Å². The number of anilines is 1. The van der Waals surface area contributed by atoms with E-state index in [-0.39, 0.29) is 18.1 Å². The maximum Gasteiger partial charge on any atom is 0.415 e. The number of rotatable bonds is 2. The van der Waals surface area contributed by atoms with Gasteiger partial charge in [-0.3, -0.25) is 4.90 Å². The highest BCUT2D eigenvalue weighted by Crippen LogP contribution is 2.47. The van der Waals surface area contributed by atoms with Crippen molar-refractivity contribution in [3.05, 3.63) is 21.1 Å². The molecule has 1 aromatic carbocycles. The summed E-state index contributed by atoms with van der Waals surface area (Å²) in [6.45, 7) is 9.82. The summed E-state index contributed by atoms with van der Waals surface area (Å²) in [5.41, 5.74) is 1.08. The fourth-order valence-electron chi connectivity index (χ4n) is 3.05. The number of halogens is 2. The van der Waals surface area contributed by atoms with E-state index in [0.29, 0.717) is 10.8 Å². The topological polar surface area (TPSA) is 38.8 Å². The van der Waals surface area contributed by atoms with Gasteiger partial charge in [0.05, 0.1) is 17.8 Å². The van der Waals surface area contributed by atoms with Crippen LogP contribution in [-0.2, 0) is 11.2 Å². The number of carbonyl (C=O) groups is 1. The molecule has 6 heteroatoms. The summed E-state index contributed by atoms with van der Waals surface area (Å²) in [4.78, 5) is 14.7. The van der Waals surface area contributed by atoms with Gasteiger partial charge in [-0.05, 0) is 67.1 Å². The van der Waals surface area contributed by atoms with Gasteiger partial charge in [0.15, 0.2) is 0 Å². The van der Waals surface area contributed by atoms with Gasteiger partial charge < -0.3 is 9.47 Å². The fourth-order valence-corrected chi connectivity index (χ4v) is 3.73. The number of ether oxygens (including phenoxy) is 2. The zero-order valence-corrected chi connectivity index (χ0v) is 17.4. The number of hydrogen-bond donors (Lipinski definition) is 0. The molecule has 1 aliphatic rings. The van der Waals surface area contributed by atoms with Crippen molar-refractivity contribution < 1.29 is 14.3 Å². The van der Waals surface area contributed by atoms with Crippen molar-refractivity contribution in [3.63, 3.8) is 0 Å². The standard InChI is InChI=1S/C18H25BrClNO3/c1-10(2)13-8-7-11-15(20)12(19)9-14(23-6)16(11)21(13)17(22)24-18(3,4)5/h9-10,13H,7-8H2,1-6H3. The Bertz CT molecular complexity index is 640. The van der Waals surface area contributed by atoms with Crippen LogP contribution in [0.25, 0.3) is 0 Å². The van der Waals surface area contributed by atoms with Crippen molar-refractivity contribution in [1.82, 2.24) is 0 Å². The van der Waals surface area contributed by atoms with Gasteiger partial charge >= 0.3 is 6.09 Å². The van der Waals surface area contributed by atoms with Gasteiger partial charge in [-0.15, -0.1) is 0 Å². The predicted octanol–water partition coefficient (Wildman–Crippen LogP) is 5.82. The SMILES string of the molecule is COc1cc(Br)c(Cl)c2c1N(C(=O)OC(C)(C)C)C(C(C)C)CC2. The summed E-state index contributed by atoms with van der Waals surface area (Å²) in [5, 5.41) is 0.626. The average molecular weight is 419 g/mol. The zero-order valence-electron chi connectivity index (χ0n) is 15.1. The van der Waals surface area contributed by atoms with Crippen LogP contribution in [0.15, 0.2) is 10.5 Å². The second-order valence-electron chi connectivity index (χ2n) is 7.40. The molecule has 1 amide bonds. The summed E-state index contributed by atoms with van der Waals surface area (Å²) in [7, 11) is 1.60.